The maximum absolute atomic E-state index is 3.60. The van der Waals surface area contributed by atoms with E-state index in [1.54, 1.807) is 0 Å². The molecule has 0 aromatic carbocycles. The normalized spacial score (nSPS) is 29.1. The highest BCUT2D eigenvalue weighted by atomic mass is 15.2. The lowest BCUT2D eigenvalue weighted by Gasteiger charge is -2.23. The predicted molar refractivity (Wildman–Crippen MR) is 58.0 cm³/mol. The highest BCUT2D eigenvalue weighted by molar-refractivity contribution is 4.88. The maximum Gasteiger partial charge on any atom is 0.0232 e. The van der Waals surface area contributed by atoms with Gasteiger partial charge in [0, 0.05) is 18.6 Å². The summed E-state index contributed by atoms with van der Waals surface area (Å²) in [5, 5.41) is 3.60. The van der Waals surface area contributed by atoms with E-state index >= 15 is 0 Å². The summed E-state index contributed by atoms with van der Waals surface area (Å²) in [6.45, 7) is 9.27. The van der Waals surface area contributed by atoms with Crippen LogP contribution in [0.1, 0.15) is 33.6 Å². The van der Waals surface area contributed by atoms with Gasteiger partial charge < -0.3 is 10.2 Å². The lowest BCUT2D eigenvalue weighted by molar-refractivity contribution is 0.251. The van der Waals surface area contributed by atoms with Crippen LogP contribution in [0.5, 0.6) is 0 Å². The van der Waals surface area contributed by atoms with E-state index in [0.29, 0.717) is 0 Å². The highest BCUT2D eigenvalue weighted by Gasteiger charge is 2.27. The molecule has 1 N–H and O–H groups in total. The first kappa shape index (κ1) is 11.0. The van der Waals surface area contributed by atoms with Crippen LogP contribution in [-0.4, -0.2) is 37.1 Å². The van der Waals surface area contributed by atoms with Crippen molar-refractivity contribution in [2.24, 2.45) is 5.92 Å². The summed E-state index contributed by atoms with van der Waals surface area (Å²) in [4.78, 5) is 2.50. The van der Waals surface area contributed by atoms with Gasteiger partial charge in [-0.15, -0.1) is 0 Å². The molecule has 0 bridgehead atoms. The van der Waals surface area contributed by atoms with Crippen LogP contribution in [0.25, 0.3) is 0 Å². The van der Waals surface area contributed by atoms with Gasteiger partial charge in [0.1, 0.15) is 0 Å². The van der Waals surface area contributed by atoms with Gasteiger partial charge in [0.25, 0.3) is 0 Å². The Morgan fingerprint density at radius 1 is 1.46 bits per heavy atom. The quantitative estimate of drug-likeness (QED) is 0.715. The zero-order chi connectivity index (χ0) is 9.84. The number of hydrogen-bond acceptors (Lipinski definition) is 2. The summed E-state index contributed by atoms with van der Waals surface area (Å²) in [7, 11) is 2.25. The summed E-state index contributed by atoms with van der Waals surface area (Å²) in [5.74, 6) is 0.778. The molecule has 1 rings (SSSR count). The SMILES string of the molecule is CCCN(C)C1CNC(C(C)C)C1. The lowest BCUT2D eigenvalue weighted by atomic mass is 10.0. The van der Waals surface area contributed by atoms with E-state index in [1.807, 2.05) is 0 Å². The van der Waals surface area contributed by atoms with Crippen LogP contribution in [0.15, 0.2) is 0 Å². The Bertz CT molecular complexity index is 145. The third kappa shape index (κ3) is 2.96. The monoisotopic (exact) mass is 184 g/mol. The van der Waals surface area contributed by atoms with Crippen molar-refractivity contribution in [3.8, 4) is 0 Å². The van der Waals surface area contributed by atoms with Crippen LogP contribution in [0.2, 0.25) is 0 Å². The Hall–Kier alpha value is -0.0800. The van der Waals surface area contributed by atoms with Crippen LogP contribution in [0.4, 0.5) is 0 Å². The summed E-state index contributed by atoms with van der Waals surface area (Å²) in [5.41, 5.74) is 0. The summed E-state index contributed by atoms with van der Waals surface area (Å²) < 4.78 is 0. The van der Waals surface area contributed by atoms with Gasteiger partial charge in [0.05, 0.1) is 0 Å². The largest absolute Gasteiger partial charge is 0.312 e. The molecule has 13 heavy (non-hydrogen) atoms. The minimum atomic E-state index is 0.740. The predicted octanol–water partition coefficient (Wildman–Crippen LogP) is 1.71. The second kappa shape index (κ2) is 4.97. The Labute approximate surface area is 82.7 Å². The van der Waals surface area contributed by atoms with Gasteiger partial charge in [-0.2, -0.15) is 0 Å². The molecule has 78 valence electrons. The molecule has 0 aromatic rings. The van der Waals surface area contributed by atoms with Gasteiger partial charge in [-0.25, -0.2) is 0 Å². The molecule has 1 aliphatic heterocycles. The first-order chi connectivity index (χ1) is 6.15. The zero-order valence-electron chi connectivity index (χ0n) is 9.51. The van der Waals surface area contributed by atoms with Crippen molar-refractivity contribution < 1.29 is 0 Å². The minimum Gasteiger partial charge on any atom is -0.312 e. The summed E-state index contributed by atoms with van der Waals surface area (Å²) in [6.07, 6.45) is 2.59. The smallest absolute Gasteiger partial charge is 0.0232 e. The molecular weight excluding hydrogens is 160 g/mol. The van der Waals surface area contributed by atoms with Crippen LogP contribution in [0.3, 0.4) is 0 Å². The van der Waals surface area contributed by atoms with Crippen LogP contribution in [-0.2, 0) is 0 Å². The Balaban J connectivity index is 2.31. The molecule has 0 spiro atoms. The molecule has 0 amide bonds. The van der Waals surface area contributed by atoms with E-state index in [-0.39, 0.29) is 0 Å². The van der Waals surface area contributed by atoms with Gasteiger partial charge in [0.2, 0.25) is 0 Å². The van der Waals surface area contributed by atoms with Crippen LogP contribution < -0.4 is 5.32 Å². The van der Waals surface area contributed by atoms with Gasteiger partial charge in [-0.3, -0.25) is 0 Å². The molecule has 2 heteroatoms. The van der Waals surface area contributed by atoms with Crippen molar-refractivity contribution in [2.75, 3.05) is 20.1 Å². The van der Waals surface area contributed by atoms with Crippen LogP contribution in [0, 0.1) is 5.92 Å². The average Bonchev–Trinajstić information content (AvgIpc) is 2.52. The first-order valence-corrected chi connectivity index (χ1v) is 5.58. The van der Waals surface area contributed by atoms with E-state index in [4.69, 9.17) is 0 Å². The van der Waals surface area contributed by atoms with E-state index in [0.717, 1.165) is 18.0 Å². The van der Waals surface area contributed by atoms with Crippen molar-refractivity contribution in [1.82, 2.24) is 10.2 Å². The average molecular weight is 184 g/mol. The molecule has 0 saturated carbocycles. The third-order valence-electron chi connectivity index (χ3n) is 3.15. The third-order valence-corrected chi connectivity index (χ3v) is 3.15. The Kier molecular flexibility index (Phi) is 4.20. The molecule has 0 aliphatic carbocycles. The maximum atomic E-state index is 3.60. The fourth-order valence-corrected chi connectivity index (χ4v) is 2.13. The molecule has 2 unspecified atom stereocenters. The fraction of sp³-hybridized carbons (Fsp3) is 1.00. The van der Waals surface area contributed by atoms with E-state index in [9.17, 15) is 0 Å². The second-order valence-electron chi connectivity index (χ2n) is 4.63. The van der Waals surface area contributed by atoms with E-state index in [2.05, 4.69) is 38.0 Å². The van der Waals surface area contributed by atoms with Crippen molar-refractivity contribution in [1.29, 1.82) is 0 Å². The van der Waals surface area contributed by atoms with E-state index in [1.165, 1.54) is 25.9 Å². The topological polar surface area (TPSA) is 15.3 Å². The molecule has 1 heterocycles. The number of rotatable bonds is 4. The molecule has 1 saturated heterocycles. The number of nitrogens with one attached hydrogen (secondary N) is 1. The Morgan fingerprint density at radius 3 is 2.62 bits per heavy atom. The van der Waals surface area contributed by atoms with Gasteiger partial charge in [-0.05, 0) is 32.4 Å². The van der Waals surface area contributed by atoms with Crippen molar-refractivity contribution in [3.63, 3.8) is 0 Å². The lowest BCUT2D eigenvalue weighted by Crippen LogP contribution is -2.33. The van der Waals surface area contributed by atoms with Crippen molar-refractivity contribution in [3.05, 3.63) is 0 Å². The first-order valence-electron chi connectivity index (χ1n) is 5.58. The zero-order valence-corrected chi connectivity index (χ0v) is 9.51. The van der Waals surface area contributed by atoms with Crippen molar-refractivity contribution in [2.45, 2.75) is 45.7 Å². The van der Waals surface area contributed by atoms with Gasteiger partial charge in [-0.1, -0.05) is 20.8 Å². The number of nitrogens with zero attached hydrogens (tertiary/aromatic N) is 1. The second-order valence-corrected chi connectivity index (χ2v) is 4.63. The molecule has 1 aliphatic rings. The van der Waals surface area contributed by atoms with Gasteiger partial charge >= 0.3 is 0 Å². The Morgan fingerprint density at radius 2 is 2.15 bits per heavy atom. The summed E-state index contributed by atoms with van der Waals surface area (Å²) in [6, 6.07) is 1.51. The molecule has 2 atom stereocenters. The molecule has 0 radical (unpaired) electrons. The molecule has 0 aromatic heterocycles. The van der Waals surface area contributed by atoms with E-state index < -0.39 is 0 Å². The van der Waals surface area contributed by atoms with Gasteiger partial charge in [0.15, 0.2) is 0 Å². The highest BCUT2D eigenvalue weighted by Crippen LogP contribution is 2.18. The minimum absolute atomic E-state index is 0.740. The summed E-state index contributed by atoms with van der Waals surface area (Å²) >= 11 is 0. The standard InChI is InChI=1S/C11H24N2/c1-5-6-13(4)10-7-11(9(2)3)12-8-10/h9-12H,5-8H2,1-4H3. The fourth-order valence-electron chi connectivity index (χ4n) is 2.13. The number of hydrogen-bond donors (Lipinski definition) is 1. The molecule has 1 fully saturated rings. The van der Waals surface area contributed by atoms with Crippen LogP contribution >= 0.6 is 0 Å². The number of likely N-dealkylation sites (N-methyl/N-ethyl adjacent to an activating group) is 1. The van der Waals surface area contributed by atoms with Crippen molar-refractivity contribution >= 4 is 0 Å². The molecule has 2 nitrogen and oxygen atoms in total. The molecular formula is C11H24N2.